The number of benzene rings is 1. The number of fused-ring (bicyclic) bond motifs is 1. The molecule has 0 aromatic heterocycles. The summed E-state index contributed by atoms with van der Waals surface area (Å²) in [4.78, 5) is 23.1. The lowest BCUT2D eigenvalue weighted by atomic mass is 9.88. The van der Waals surface area contributed by atoms with E-state index in [1.807, 2.05) is 10.9 Å². The largest absolute Gasteiger partial charge is 0.478 e. The molecule has 1 aliphatic rings. The van der Waals surface area contributed by atoms with E-state index in [1.54, 1.807) is 12.1 Å². The lowest BCUT2D eigenvalue weighted by molar-refractivity contribution is 0.0696. The molecule has 1 aromatic rings. The second-order valence-corrected chi connectivity index (χ2v) is 3.79. The number of nitrogens with zero attached hydrogens (tertiary/aromatic N) is 1. The molecule has 1 radical (unpaired) electrons. The van der Waals surface area contributed by atoms with Gasteiger partial charge in [-0.3, -0.25) is 0 Å². The molecule has 5 heteroatoms. The van der Waals surface area contributed by atoms with Gasteiger partial charge in [-0.25, -0.2) is 4.79 Å². The number of aromatic carboxylic acids is 1. The van der Waals surface area contributed by atoms with E-state index in [0.29, 0.717) is 12.1 Å². The molecule has 0 amide bonds. The maximum Gasteiger partial charge on any atom is 0.335 e. The van der Waals surface area contributed by atoms with Crippen LogP contribution >= 0.6 is 0 Å². The maximum absolute atomic E-state index is 10.8. The third kappa shape index (κ3) is 2.14. The standard InChI is InChI=1S/C11H11BNO3/c14-7-12-13-4-3-8-5-9(11(15)16)1-2-10(8)6-13/h1-2,5,7H,3-4,6H2,(H,15,16). The second kappa shape index (κ2) is 4.49. The predicted molar refractivity (Wildman–Crippen MR) is 60.0 cm³/mol. The predicted octanol–water partition coefficient (Wildman–Crippen LogP) is 0.552. The zero-order chi connectivity index (χ0) is 11.5. The Labute approximate surface area is 94.1 Å². The SMILES string of the molecule is O=C[B]N1CCc2cc(C(=O)O)ccc2C1. The van der Waals surface area contributed by atoms with Crippen molar-refractivity contribution >= 4 is 19.6 Å². The Bertz CT molecular complexity index is 433. The topological polar surface area (TPSA) is 57.6 Å². The van der Waals surface area contributed by atoms with Crippen molar-refractivity contribution in [3.63, 3.8) is 0 Å². The van der Waals surface area contributed by atoms with Crippen LogP contribution in [0.4, 0.5) is 0 Å². The summed E-state index contributed by atoms with van der Waals surface area (Å²) in [7, 11) is 1.52. The molecule has 0 atom stereocenters. The number of carboxylic acid groups (broad SMARTS) is 1. The molecule has 4 nitrogen and oxygen atoms in total. The summed E-state index contributed by atoms with van der Waals surface area (Å²) in [6, 6.07) is 5.14. The molecule has 1 aromatic carbocycles. The number of carbonyl (C=O) groups is 2. The lowest BCUT2D eigenvalue weighted by Crippen LogP contribution is -2.34. The monoisotopic (exact) mass is 216 g/mol. The van der Waals surface area contributed by atoms with Crippen LogP contribution in [-0.4, -0.2) is 36.0 Å². The van der Waals surface area contributed by atoms with Gasteiger partial charge in [0.15, 0.2) is 0 Å². The molecule has 1 aliphatic heterocycles. The Morgan fingerprint density at radius 2 is 2.25 bits per heavy atom. The van der Waals surface area contributed by atoms with Crippen molar-refractivity contribution in [2.75, 3.05) is 6.54 Å². The summed E-state index contributed by atoms with van der Waals surface area (Å²) in [6.45, 7) is 1.43. The molecule has 0 aliphatic carbocycles. The van der Waals surface area contributed by atoms with E-state index in [9.17, 15) is 9.59 Å². The summed E-state index contributed by atoms with van der Waals surface area (Å²) >= 11 is 0. The van der Waals surface area contributed by atoms with E-state index in [0.717, 1.165) is 30.3 Å². The fraction of sp³-hybridized carbons (Fsp3) is 0.273. The minimum Gasteiger partial charge on any atom is -0.478 e. The van der Waals surface area contributed by atoms with Gasteiger partial charge in [-0.1, -0.05) is 6.07 Å². The summed E-state index contributed by atoms with van der Waals surface area (Å²) in [5.74, 6) is -0.898. The van der Waals surface area contributed by atoms with Crippen LogP contribution in [0.3, 0.4) is 0 Å². The summed E-state index contributed by atoms with van der Waals surface area (Å²) in [5, 5.41) is 8.86. The van der Waals surface area contributed by atoms with Crippen molar-refractivity contribution in [1.29, 1.82) is 0 Å². The van der Waals surface area contributed by atoms with Gasteiger partial charge in [-0.15, -0.1) is 0 Å². The Morgan fingerprint density at radius 1 is 1.44 bits per heavy atom. The minimum absolute atomic E-state index is 0.326. The van der Waals surface area contributed by atoms with Crippen LogP contribution in [0.25, 0.3) is 0 Å². The molecule has 81 valence electrons. The van der Waals surface area contributed by atoms with Crippen molar-refractivity contribution in [2.45, 2.75) is 13.0 Å². The van der Waals surface area contributed by atoms with Crippen LogP contribution < -0.4 is 0 Å². The van der Waals surface area contributed by atoms with Crippen LogP contribution in [0.5, 0.6) is 0 Å². The van der Waals surface area contributed by atoms with Gasteiger partial charge in [0.2, 0.25) is 0 Å². The van der Waals surface area contributed by atoms with Crippen LogP contribution in [-0.2, 0) is 17.8 Å². The van der Waals surface area contributed by atoms with Crippen LogP contribution in [0.15, 0.2) is 18.2 Å². The molecule has 0 bridgehead atoms. The maximum atomic E-state index is 10.8. The molecule has 0 saturated heterocycles. The average Bonchev–Trinajstić information content (AvgIpc) is 2.28. The van der Waals surface area contributed by atoms with Gasteiger partial charge in [0.1, 0.15) is 0 Å². The number of rotatable bonds is 3. The smallest absolute Gasteiger partial charge is 0.335 e. The molecule has 0 fully saturated rings. The van der Waals surface area contributed by atoms with E-state index in [4.69, 9.17) is 5.11 Å². The number of hydrogen-bond acceptors (Lipinski definition) is 3. The summed E-state index contributed by atoms with van der Waals surface area (Å²) < 4.78 is 0. The minimum atomic E-state index is -0.898. The van der Waals surface area contributed by atoms with Gasteiger partial charge >= 0.3 is 5.97 Å². The van der Waals surface area contributed by atoms with Crippen molar-refractivity contribution in [1.82, 2.24) is 4.81 Å². The first kappa shape index (κ1) is 10.9. The Hall–Kier alpha value is -1.62. The van der Waals surface area contributed by atoms with Gasteiger partial charge in [0, 0.05) is 6.54 Å². The Morgan fingerprint density at radius 3 is 2.94 bits per heavy atom. The first-order valence-corrected chi connectivity index (χ1v) is 5.08. The number of hydrogen-bond donors (Lipinski definition) is 1. The van der Waals surface area contributed by atoms with E-state index in [-0.39, 0.29) is 0 Å². The molecule has 2 rings (SSSR count). The van der Waals surface area contributed by atoms with Crippen molar-refractivity contribution < 1.29 is 14.7 Å². The van der Waals surface area contributed by atoms with Crippen molar-refractivity contribution in [3.05, 3.63) is 34.9 Å². The summed E-state index contributed by atoms with van der Waals surface area (Å²) in [6.07, 6.45) is 1.55. The normalized spacial score (nSPS) is 15.2. The van der Waals surface area contributed by atoms with Crippen LogP contribution in [0.1, 0.15) is 21.5 Å². The fourth-order valence-electron chi connectivity index (χ4n) is 1.92. The number of carboxylic acids is 1. The van der Waals surface area contributed by atoms with E-state index < -0.39 is 5.97 Å². The fourth-order valence-corrected chi connectivity index (χ4v) is 1.92. The van der Waals surface area contributed by atoms with E-state index >= 15 is 0 Å². The molecular formula is C11H11BNO3. The lowest BCUT2D eigenvalue weighted by Gasteiger charge is -2.26. The summed E-state index contributed by atoms with van der Waals surface area (Å²) in [5.41, 5.74) is 2.48. The Kier molecular flexibility index (Phi) is 3.06. The van der Waals surface area contributed by atoms with Gasteiger partial charge in [0.05, 0.1) is 11.7 Å². The molecule has 0 spiro atoms. The highest BCUT2D eigenvalue weighted by atomic mass is 16.4. The molecule has 1 heterocycles. The third-order valence-electron chi connectivity index (χ3n) is 2.77. The van der Waals surface area contributed by atoms with Gasteiger partial charge in [-0.05, 0) is 36.2 Å². The second-order valence-electron chi connectivity index (χ2n) is 3.79. The van der Waals surface area contributed by atoms with Gasteiger partial charge in [-0.2, -0.15) is 0 Å². The molecule has 0 unspecified atom stereocenters. The third-order valence-corrected chi connectivity index (χ3v) is 2.77. The van der Waals surface area contributed by atoms with Gasteiger partial charge < -0.3 is 14.7 Å². The average molecular weight is 216 g/mol. The Balaban J connectivity index is 2.22. The van der Waals surface area contributed by atoms with Crippen molar-refractivity contribution in [2.24, 2.45) is 0 Å². The zero-order valence-electron chi connectivity index (χ0n) is 8.72. The first-order chi connectivity index (χ1) is 7.70. The molecule has 1 N–H and O–H groups in total. The first-order valence-electron chi connectivity index (χ1n) is 5.08. The zero-order valence-corrected chi connectivity index (χ0v) is 8.72. The van der Waals surface area contributed by atoms with Gasteiger partial charge in [0.25, 0.3) is 7.41 Å². The van der Waals surface area contributed by atoms with E-state index in [1.165, 1.54) is 7.41 Å². The molecule has 0 saturated carbocycles. The quantitative estimate of drug-likeness (QED) is 0.592. The number of carbonyl (C=O) groups excluding carboxylic acids is 1. The van der Waals surface area contributed by atoms with Crippen LogP contribution in [0.2, 0.25) is 0 Å². The highest BCUT2D eigenvalue weighted by Gasteiger charge is 2.17. The highest BCUT2D eigenvalue weighted by Crippen LogP contribution is 2.19. The van der Waals surface area contributed by atoms with E-state index in [2.05, 4.69) is 0 Å². The molecule has 16 heavy (non-hydrogen) atoms. The van der Waals surface area contributed by atoms with Crippen molar-refractivity contribution in [3.8, 4) is 0 Å². The highest BCUT2D eigenvalue weighted by molar-refractivity contribution is 6.64. The molecular weight excluding hydrogens is 205 g/mol. The van der Waals surface area contributed by atoms with Crippen LogP contribution in [0, 0.1) is 0 Å².